The van der Waals surface area contributed by atoms with Crippen LogP contribution in [0.1, 0.15) is 30.3 Å². The second-order valence-corrected chi connectivity index (χ2v) is 3.55. The number of nitro groups is 1. The van der Waals surface area contributed by atoms with Crippen LogP contribution < -0.4 is 5.32 Å². The van der Waals surface area contributed by atoms with Crippen LogP contribution >= 0.6 is 0 Å². The summed E-state index contributed by atoms with van der Waals surface area (Å²) in [5.41, 5.74) is 0. The van der Waals surface area contributed by atoms with Crippen LogP contribution in [-0.2, 0) is 4.79 Å². The summed E-state index contributed by atoms with van der Waals surface area (Å²) in [7, 11) is 0. The number of aliphatic carboxylic acids is 1. The summed E-state index contributed by atoms with van der Waals surface area (Å²) in [5.74, 6) is -2.80. The van der Waals surface area contributed by atoms with Gasteiger partial charge < -0.3 is 14.8 Å². The third-order valence-corrected chi connectivity index (χ3v) is 2.18. The van der Waals surface area contributed by atoms with Crippen LogP contribution in [0.15, 0.2) is 16.5 Å². The Hall–Kier alpha value is -2.38. The fraction of sp³-hybridized carbons (Fsp3) is 0.400. The molecule has 1 unspecified atom stereocenters. The van der Waals surface area contributed by atoms with Gasteiger partial charge in [-0.15, -0.1) is 0 Å². The van der Waals surface area contributed by atoms with Gasteiger partial charge in [0, 0.05) is 0 Å². The normalized spacial score (nSPS) is 11.8. The Bertz CT molecular complexity index is 467. The van der Waals surface area contributed by atoms with Gasteiger partial charge in [-0.3, -0.25) is 14.9 Å². The lowest BCUT2D eigenvalue weighted by molar-refractivity contribution is -0.402. The number of carbonyl (C=O) groups is 2. The average molecular weight is 256 g/mol. The lowest BCUT2D eigenvalue weighted by Gasteiger charge is -2.11. The van der Waals surface area contributed by atoms with E-state index in [0.717, 1.165) is 12.1 Å². The monoisotopic (exact) mass is 256 g/mol. The van der Waals surface area contributed by atoms with Crippen molar-refractivity contribution in [3.63, 3.8) is 0 Å². The van der Waals surface area contributed by atoms with E-state index in [1.807, 2.05) is 0 Å². The molecule has 0 saturated heterocycles. The summed E-state index contributed by atoms with van der Waals surface area (Å²) in [6, 6.07) is 1.12. The lowest BCUT2D eigenvalue weighted by atomic mass is 10.1. The van der Waals surface area contributed by atoms with Crippen LogP contribution in [-0.4, -0.2) is 27.9 Å². The van der Waals surface area contributed by atoms with Crippen LogP contribution in [0.3, 0.4) is 0 Å². The van der Waals surface area contributed by atoms with Crippen molar-refractivity contribution in [2.24, 2.45) is 0 Å². The van der Waals surface area contributed by atoms with Crippen molar-refractivity contribution in [1.82, 2.24) is 5.32 Å². The molecule has 18 heavy (non-hydrogen) atoms. The molecule has 1 atom stereocenters. The highest BCUT2D eigenvalue weighted by Gasteiger charge is 2.23. The number of carboxylic acid groups (broad SMARTS) is 1. The molecule has 0 aliphatic rings. The summed E-state index contributed by atoms with van der Waals surface area (Å²) in [6.07, 6.45) is 0.847. The third-order valence-electron chi connectivity index (χ3n) is 2.18. The van der Waals surface area contributed by atoms with Gasteiger partial charge in [0.2, 0.25) is 0 Å². The molecule has 1 amide bonds. The molecule has 1 aromatic rings. The molecule has 0 aliphatic carbocycles. The van der Waals surface area contributed by atoms with Crippen molar-refractivity contribution in [2.75, 3.05) is 0 Å². The zero-order valence-corrected chi connectivity index (χ0v) is 9.58. The minimum Gasteiger partial charge on any atom is -0.480 e. The number of rotatable bonds is 6. The molecule has 1 rings (SSSR count). The molecule has 1 heterocycles. The number of hydrogen-bond donors (Lipinski definition) is 2. The maximum atomic E-state index is 11.6. The maximum Gasteiger partial charge on any atom is 0.433 e. The standard InChI is InChI=1S/C10H12N2O6/c1-2-3-6(10(14)15)11-9(13)7-4-5-8(18-7)12(16)17/h4-6H,2-3H2,1H3,(H,11,13)(H,14,15). The van der Waals surface area contributed by atoms with Crippen molar-refractivity contribution >= 4 is 17.8 Å². The molecule has 8 nitrogen and oxygen atoms in total. The highest BCUT2D eigenvalue weighted by Crippen LogP contribution is 2.15. The number of nitrogens with one attached hydrogen (secondary N) is 1. The number of carboxylic acids is 1. The summed E-state index contributed by atoms with van der Waals surface area (Å²) in [5, 5.41) is 21.4. The SMILES string of the molecule is CCCC(NC(=O)c1ccc([N+](=O)[O-])o1)C(=O)O. The van der Waals surface area contributed by atoms with Crippen LogP contribution in [0, 0.1) is 10.1 Å². The van der Waals surface area contributed by atoms with E-state index in [4.69, 9.17) is 5.11 Å². The molecule has 0 aliphatic heterocycles. The smallest absolute Gasteiger partial charge is 0.433 e. The van der Waals surface area contributed by atoms with E-state index >= 15 is 0 Å². The predicted molar refractivity (Wildman–Crippen MR) is 59.2 cm³/mol. The topological polar surface area (TPSA) is 123 Å². The maximum absolute atomic E-state index is 11.6. The summed E-state index contributed by atoms with van der Waals surface area (Å²) in [4.78, 5) is 32.0. The molecule has 0 aromatic carbocycles. The molecule has 0 bridgehead atoms. The Balaban J connectivity index is 2.74. The summed E-state index contributed by atoms with van der Waals surface area (Å²) in [6.45, 7) is 1.78. The van der Waals surface area contributed by atoms with Gasteiger partial charge in [0.1, 0.15) is 11.0 Å². The average Bonchev–Trinajstić information content (AvgIpc) is 2.77. The molecule has 2 N–H and O–H groups in total. The van der Waals surface area contributed by atoms with Crippen molar-refractivity contribution in [1.29, 1.82) is 0 Å². The van der Waals surface area contributed by atoms with Gasteiger partial charge in [-0.1, -0.05) is 13.3 Å². The third kappa shape index (κ3) is 3.30. The molecule has 0 saturated carbocycles. The van der Waals surface area contributed by atoms with Gasteiger partial charge in [-0.2, -0.15) is 0 Å². The van der Waals surface area contributed by atoms with Crippen molar-refractivity contribution in [3.8, 4) is 0 Å². The van der Waals surface area contributed by atoms with E-state index in [-0.39, 0.29) is 12.2 Å². The molecular formula is C10H12N2O6. The number of hydrogen-bond acceptors (Lipinski definition) is 5. The minimum absolute atomic E-state index is 0.268. The van der Waals surface area contributed by atoms with E-state index in [9.17, 15) is 19.7 Å². The summed E-state index contributed by atoms with van der Waals surface area (Å²) >= 11 is 0. The number of amides is 1. The molecular weight excluding hydrogens is 244 g/mol. The van der Waals surface area contributed by atoms with Crippen LogP contribution in [0.25, 0.3) is 0 Å². The molecule has 8 heteroatoms. The van der Waals surface area contributed by atoms with E-state index < -0.39 is 28.7 Å². The molecule has 98 valence electrons. The predicted octanol–water partition coefficient (Wildman–Crippen LogP) is 1.17. The zero-order valence-electron chi connectivity index (χ0n) is 9.58. The van der Waals surface area contributed by atoms with E-state index in [0.29, 0.717) is 6.42 Å². The Morgan fingerprint density at radius 3 is 2.67 bits per heavy atom. The number of carbonyl (C=O) groups excluding carboxylic acids is 1. The first-order chi connectivity index (χ1) is 8.45. The van der Waals surface area contributed by atoms with Gasteiger partial charge in [0.05, 0.1) is 6.07 Å². The fourth-order valence-corrected chi connectivity index (χ4v) is 1.32. The van der Waals surface area contributed by atoms with Gasteiger partial charge in [-0.05, 0) is 12.5 Å². The highest BCUT2D eigenvalue weighted by atomic mass is 16.6. The summed E-state index contributed by atoms with van der Waals surface area (Å²) < 4.78 is 4.66. The van der Waals surface area contributed by atoms with E-state index in [2.05, 4.69) is 9.73 Å². The van der Waals surface area contributed by atoms with Gasteiger partial charge in [0.15, 0.2) is 5.76 Å². The van der Waals surface area contributed by atoms with Crippen molar-refractivity contribution in [3.05, 3.63) is 28.0 Å². The van der Waals surface area contributed by atoms with Gasteiger partial charge in [-0.25, -0.2) is 4.79 Å². The molecule has 0 fully saturated rings. The Kier molecular flexibility index (Phi) is 4.41. The quantitative estimate of drug-likeness (QED) is 0.581. The highest BCUT2D eigenvalue weighted by molar-refractivity contribution is 5.94. The van der Waals surface area contributed by atoms with E-state index in [1.165, 1.54) is 0 Å². The van der Waals surface area contributed by atoms with Crippen LogP contribution in [0.2, 0.25) is 0 Å². The van der Waals surface area contributed by atoms with E-state index in [1.54, 1.807) is 6.92 Å². The first-order valence-electron chi connectivity index (χ1n) is 5.23. The fourth-order valence-electron chi connectivity index (χ4n) is 1.32. The number of nitrogens with zero attached hydrogens (tertiary/aromatic N) is 1. The van der Waals surface area contributed by atoms with Crippen molar-refractivity contribution in [2.45, 2.75) is 25.8 Å². The molecule has 0 spiro atoms. The van der Waals surface area contributed by atoms with Gasteiger partial charge in [0.25, 0.3) is 5.91 Å². The van der Waals surface area contributed by atoms with Crippen molar-refractivity contribution < 1.29 is 24.0 Å². The zero-order chi connectivity index (χ0) is 13.7. The van der Waals surface area contributed by atoms with Crippen LogP contribution in [0.5, 0.6) is 0 Å². The Labute approximate surface area is 102 Å². The Morgan fingerprint density at radius 1 is 1.56 bits per heavy atom. The lowest BCUT2D eigenvalue weighted by Crippen LogP contribution is -2.40. The van der Waals surface area contributed by atoms with Crippen LogP contribution in [0.4, 0.5) is 5.88 Å². The molecule has 0 radical (unpaired) electrons. The first-order valence-corrected chi connectivity index (χ1v) is 5.23. The number of furan rings is 1. The first kappa shape index (κ1) is 13.7. The minimum atomic E-state index is -1.16. The molecule has 1 aromatic heterocycles. The Morgan fingerprint density at radius 2 is 2.22 bits per heavy atom. The second kappa shape index (κ2) is 5.80. The van der Waals surface area contributed by atoms with Gasteiger partial charge >= 0.3 is 11.9 Å². The second-order valence-electron chi connectivity index (χ2n) is 3.55. The largest absolute Gasteiger partial charge is 0.480 e.